The third-order valence-electron chi connectivity index (χ3n) is 4.64. The van der Waals surface area contributed by atoms with Crippen molar-refractivity contribution in [2.75, 3.05) is 5.32 Å². The number of hydrogen-bond acceptors (Lipinski definition) is 6. The second kappa shape index (κ2) is 7.40. The fraction of sp³-hybridized carbons (Fsp3) is 0.0909. The predicted octanol–water partition coefficient (Wildman–Crippen LogP) is 4.73. The van der Waals surface area contributed by atoms with Crippen LogP contribution in [0.2, 0.25) is 0 Å². The number of H-pyrrole nitrogens is 1. The van der Waals surface area contributed by atoms with Gasteiger partial charge in [-0.05, 0) is 48.9 Å². The van der Waals surface area contributed by atoms with Crippen molar-refractivity contribution in [1.29, 1.82) is 0 Å². The van der Waals surface area contributed by atoms with E-state index in [9.17, 15) is 4.39 Å². The average molecular weight is 400 g/mol. The maximum absolute atomic E-state index is 13.4. The molecule has 0 radical (unpaired) electrons. The maximum atomic E-state index is 13.4. The van der Waals surface area contributed by atoms with Gasteiger partial charge in [0, 0.05) is 11.8 Å². The van der Waals surface area contributed by atoms with Crippen molar-refractivity contribution in [3.8, 4) is 22.8 Å². The first kappa shape index (κ1) is 18.0. The van der Waals surface area contributed by atoms with E-state index >= 15 is 0 Å². The van der Waals surface area contributed by atoms with Crippen molar-refractivity contribution in [3.05, 3.63) is 78.0 Å². The molecule has 0 amide bonds. The highest BCUT2D eigenvalue weighted by atomic mass is 19.1. The zero-order valence-electron chi connectivity index (χ0n) is 16.1. The fourth-order valence-corrected chi connectivity index (χ4v) is 3.14. The number of imidazole rings is 1. The third-order valence-corrected chi connectivity index (χ3v) is 4.64. The molecule has 0 saturated carbocycles. The molecule has 2 aromatic carbocycles. The van der Waals surface area contributed by atoms with Crippen LogP contribution in [0.25, 0.3) is 33.9 Å². The van der Waals surface area contributed by atoms with Crippen molar-refractivity contribution in [2.24, 2.45) is 0 Å². The maximum Gasteiger partial charge on any atom is 0.259 e. The van der Waals surface area contributed by atoms with Crippen LogP contribution in [0.1, 0.15) is 11.4 Å². The van der Waals surface area contributed by atoms with E-state index in [-0.39, 0.29) is 5.82 Å². The summed E-state index contributed by atoms with van der Waals surface area (Å²) < 4.78 is 18.7. The molecule has 0 spiro atoms. The van der Waals surface area contributed by atoms with E-state index in [0.29, 0.717) is 35.2 Å². The zero-order valence-corrected chi connectivity index (χ0v) is 16.1. The first-order valence-corrected chi connectivity index (χ1v) is 9.39. The summed E-state index contributed by atoms with van der Waals surface area (Å²) in [6, 6.07) is 15.8. The molecule has 0 fully saturated rings. The van der Waals surface area contributed by atoms with Gasteiger partial charge in [0.1, 0.15) is 17.5 Å². The van der Waals surface area contributed by atoms with Gasteiger partial charge in [-0.15, -0.1) is 0 Å². The number of hydrogen-bond donors (Lipinski definition) is 2. The van der Waals surface area contributed by atoms with Crippen molar-refractivity contribution in [3.63, 3.8) is 0 Å². The Morgan fingerprint density at radius 1 is 1.03 bits per heavy atom. The molecule has 0 atom stereocenters. The molecule has 2 N–H and O–H groups in total. The van der Waals surface area contributed by atoms with E-state index in [2.05, 4.69) is 36.5 Å². The molecule has 5 rings (SSSR count). The highest BCUT2D eigenvalue weighted by molar-refractivity contribution is 5.75. The Balaban J connectivity index is 1.28. The molecule has 8 heteroatoms. The smallest absolute Gasteiger partial charge is 0.259 e. The molecule has 0 unspecified atom stereocenters. The van der Waals surface area contributed by atoms with E-state index in [1.165, 1.54) is 17.7 Å². The minimum Gasteiger partial charge on any atom is -0.363 e. The Kier molecular flexibility index (Phi) is 4.44. The third kappa shape index (κ3) is 3.62. The van der Waals surface area contributed by atoms with Gasteiger partial charge in [-0.2, -0.15) is 4.98 Å². The molecule has 3 heterocycles. The van der Waals surface area contributed by atoms with E-state index in [0.717, 1.165) is 16.9 Å². The van der Waals surface area contributed by atoms with Gasteiger partial charge in [0.2, 0.25) is 5.82 Å². The number of anilines is 1. The van der Waals surface area contributed by atoms with Gasteiger partial charge in [-0.25, -0.2) is 14.4 Å². The van der Waals surface area contributed by atoms with Crippen LogP contribution in [-0.2, 0) is 6.54 Å². The number of aromatic amines is 1. The lowest BCUT2D eigenvalue weighted by atomic mass is 10.2. The zero-order chi connectivity index (χ0) is 20.5. The highest BCUT2D eigenvalue weighted by Crippen LogP contribution is 2.23. The summed E-state index contributed by atoms with van der Waals surface area (Å²) in [6.45, 7) is 2.57. The fourth-order valence-electron chi connectivity index (χ4n) is 3.14. The predicted molar refractivity (Wildman–Crippen MR) is 111 cm³/mol. The van der Waals surface area contributed by atoms with Crippen LogP contribution < -0.4 is 5.32 Å². The molecule has 7 nitrogen and oxygen atoms in total. The van der Waals surface area contributed by atoms with Crippen LogP contribution in [-0.4, -0.2) is 25.1 Å². The Labute approximate surface area is 171 Å². The van der Waals surface area contributed by atoms with Gasteiger partial charge in [0.25, 0.3) is 5.89 Å². The summed E-state index contributed by atoms with van der Waals surface area (Å²) in [4.78, 5) is 16.6. The summed E-state index contributed by atoms with van der Waals surface area (Å²) in [6.07, 6.45) is 1.65. The standard InChI is InChI=1S/C22H17FN6O/c1-13-5-7-17-18(9-13)27-20(26-17)12-25-19-8-6-15(11-24-19)22-28-21(29-30-22)14-3-2-4-16(23)10-14/h2-11H,12H2,1H3,(H,24,25)(H,26,27). The molecule has 148 valence electrons. The molecule has 0 saturated heterocycles. The summed E-state index contributed by atoms with van der Waals surface area (Å²) in [5.74, 6) is 1.82. The summed E-state index contributed by atoms with van der Waals surface area (Å²) in [7, 11) is 0. The van der Waals surface area contributed by atoms with Crippen LogP contribution in [0.3, 0.4) is 0 Å². The van der Waals surface area contributed by atoms with E-state index in [4.69, 9.17) is 4.52 Å². The molecule has 0 bridgehead atoms. The average Bonchev–Trinajstić information content (AvgIpc) is 3.39. The molecule has 0 aliphatic carbocycles. The number of pyridine rings is 1. The Morgan fingerprint density at radius 2 is 1.97 bits per heavy atom. The first-order valence-electron chi connectivity index (χ1n) is 9.39. The van der Waals surface area contributed by atoms with Gasteiger partial charge < -0.3 is 14.8 Å². The largest absolute Gasteiger partial charge is 0.363 e. The summed E-state index contributed by atoms with van der Waals surface area (Å²) >= 11 is 0. The lowest BCUT2D eigenvalue weighted by molar-refractivity contribution is 0.432. The first-order chi connectivity index (χ1) is 14.6. The second-order valence-electron chi connectivity index (χ2n) is 6.92. The molecule has 5 aromatic rings. The normalized spacial score (nSPS) is 11.1. The van der Waals surface area contributed by atoms with Crippen LogP contribution >= 0.6 is 0 Å². The number of aryl methyl sites for hydroxylation is 1. The monoisotopic (exact) mass is 400 g/mol. The van der Waals surface area contributed by atoms with Crippen molar-refractivity contribution in [1.82, 2.24) is 25.1 Å². The quantitative estimate of drug-likeness (QED) is 0.443. The number of aromatic nitrogens is 5. The van der Waals surface area contributed by atoms with E-state index < -0.39 is 0 Å². The Bertz CT molecular complexity index is 1330. The van der Waals surface area contributed by atoms with Crippen LogP contribution in [0.5, 0.6) is 0 Å². The minimum absolute atomic E-state index is 0.320. The second-order valence-corrected chi connectivity index (χ2v) is 6.92. The van der Waals surface area contributed by atoms with Gasteiger partial charge >= 0.3 is 0 Å². The van der Waals surface area contributed by atoms with Crippen LogP contribution in [0.4, 0.5) is 10.2 Å². The van der Waals surface area contributed by atoms with Crippen molar-refractivity contribution >= 4 is 16.9 Å². The van der Waals surface area contributed by atoms with Gasteiger partial charge in [0.05, 0.1) is 23.1 Å². The Morgan fingerprint density at radius 3 is 2.80 bits per heavy atom. The van der Waals surface area contributed by atoms with E-state index in [1.54, 1.807) is 18.3 Å². The molecular weight excluding hydrogens is 383 g/mol. The highest BCUT2D eigenvalue weighted by Gasteiger charge is 2.12. The Hall–Kier alpha value is -4.07. The molecule has 0 aliphatic heterocycles. The molecular formula is C22H17FN6O. The number of rotatable bonds is 5. The number of halogens is 1. The number of nitrogens with one attached hydrogen (secondary N) is 2. The van der Waals surface area contributed by atoms with Gasteiger partial charge in [-0.3, -0.25) is 0 Å². The number of benzene rings is 2. The number of fused-ring (bicyclic) bond motifs is 1. The topological polar surface area (TPSA) is 92.5 Å². The lowest BCUT2D eigenvalue weighted by Gasteiger charge is -2.03. The lowest BCUT2D eigenvalue weighted by Crippen LogP contribution is -2.02. The van der Waals surface area contributed by atoms with Crippen LogP contribution in [0.15, 0.2) is 65.3 Å². The SMILES string of the molecule is Cc1ccc2nc(CNc3ccc(-c4nc(-c5cccc(F)c5)no4)cn3)[nH]c2c1. The van der Waals surface area contributed by atoms with Crippen LogP contribution in [0, 0.1) is 12.7 Å². The minimum atomic E-state index is -0.351. The van der Waals surface area contributed by atoms with Crippen molar-refractivity contribution < 1.29 is 8.91 Å². The molecule has 3 aromatic heterocycles. The number of nitrogens with zero attached hydrogens (tertiary/aromatic N) is 4. The summed E-state index contributed by atoms with van der Waals surface area (Å²) in [5.41, 5.74) is 4.36. The molecule has 30 heavy (non-hydrogen) atoms. The van der Waals surface area contributed by atoms with Gasteiger partial charge in [0.15, 0.2) is 0 Å². The van der Waals surface area contributed by atoms with Crippen molar-refractivity contribution in [2.45, 2.75) is 13.5 Å². The summed E-state index contributed by atoms with van der Waals surface area (Å²) in [5, 5.41) is 7.16. The van der Waals surface area contributed by atoms with Gasteiger partial charge in [-0.1, -0.05) is 23.4 Å². The molecule has 0 aliphatic rings. The van der Waals surface area contributed by atoms with E-state index in [1.807, 2.05) is 31.2 Å².